The Bertz CT molecular complexity index is 661. The Balaban J connectivity index is 2.02. The fourth-order valence-electron chi connectivity index (χ4n) is 3.33. The lowest BCUT2D eigenvalue weighted by atomic mass is 9.71. The number of carbonyl (C=O) groups is 1. The van der Waals surface area contributed by atoms with Gasteiger partial charge in [-0.2, -0.15) is 0 Å². The molecule has 3 rings (SSSR count). The number of ether oxygens (including phenoxy) is 1. The topological polar surface area (TPSA) is 70.8 Å². The SMILES string of the molecule is CC1(C)OB(c2c(F)ccc3c2CCCC3OC(N)=O)OC1(C)C. The maximum absolute atomic E-state index is 14.6. The van der Waals surface area contributed by atoms with Crippen LogP contribution >= 0.6 is 0 Å². The average molecular weight is 335 g/mol. The fraction of sp³-hybridized carbons (Fsp3) is 0.588. The Morgan fingerprint density at radius 3 is 2.50 bits per heavy atom. The van der Waals surface area contributed by atoms with E-state index in [4.69, 9.17) is 19.8 Å². The summed E-state index contributed by atoms with van der Waals surface area (Å²) in [4.78, 5) is 11.1. The van der Waals surface area contributed by atoms with E-state index < -0.39 is 30.5 Å². The highest BCUT2D eigenvalue weighted by Crippen LogP contribution is 2.38. The van der Waals surface area contributed by atoms with Gasteiger partial charge in [0.15, 0.2) is 0 Å². The van der Waals surface area contributed by atoms with Crippen LogP contribution in [0, 0.1) is 5.82 Å². The molecule has 0 spiro atoms. The van der Waals surface area contributed by atoms with E-state index >= 15 is 0 Å². The second-order valence-electron chi connectivity index (χ2n) is 7.43. The van der Waals surface area contributed by atoms with Gasteiger partial charge >= 0.3 is 13.2 Å². The predicted molar refractivity (Wildman–Crippen MR) is 88.5 cm³/mol. The van der Waals surface area contributed by atoms with Gasteiger partial charge in [-0.15, -0.1) is 0 Å². The van der Waals surface area contributed by atoms with Crippen LogP contribution in [0.25, 0.3) is 0 Å². The monoisotopic (exact) mass is 335 g/mol. The van der Waals surface area contributed by atoms with Crippen molar-refractivity contribution in [1.82, 2.24) is 0 Å². The van der Waals surface area contributed by atoms with E-state index in [1.54, 1.807) is 6.07 Å². The van der Waals surface area contributed by atoms with Crippen molar-refractivity contribution in [2.24, 2.45) is 5.73 Å². The minimum atomic E-state index is -0.825. The molecule has 2 aliphatic rings. The molecule has 1 aromatic carbocycles. The van der Waals surface area contributed by atoms with Crippen LogP contribution in [-0.2, 0) is 20.5 Å². The van der Waals surface area contributed by atoms with Crippen LogP contribution in [0.2, 0.25) is 0 Å². The minimum Gasteiger partial charge on any atom is -0.442 e. The van der Waals surface area contributed by atoms with E-state index in [1.807, 2.05) is 27.7 Å². The van der Waals surface area contributed by atoms with Crippen LogP contribution in [-0.4, -0.2) is 24.4 Å². The van der Waals surface area contributed by atoms with Crippen LogP contribution in [0.1, 0.15) is 57.8 Å². The Morgan fingerprint density at radius 1 is 1.29 bits per heavy atom. The number of fused-ring (bicyclic) bond motifs is 1. The number of nitrogens with two attached hydrogens (primary N) is 1. The van der Waals surface area contributed by atoms with Crippen LogP contribution < -0.4 is 11.2 Å². The van der Waals surface area contributed by atoms with Crippen LogP contribution in [0.3, 0.4) is 0 Å². The Labute approximate surface area is 141 Å². The zero-order valence-electron chi connectivity index (χ0n) is 14.5. The van der Waals surface area contributed by atoms with E-state index in [9.17, 15) is 9.18 Å². The molecule has 2 N–H and O–H groups in total. The fourth-order valence-corrected chi connectivity index (χ4v) is 3.33. The smallest absolute Gasteiger partial charge is 0.442 e. The molecule has 1 aliphatic carbocycles. The lowest BCUT2D eigenvalue weighted by Crippen LogP contribution is -2.41. The molecule has 1 aromatic rings. The molecule has 0 radical (unpaired) electrons. The van der Waals surface area contributed by atoms with Gasteiger partial charge in [0, 0.05) is 5.46 Å². The van der Waals surface area contributed by atoms with Crippen molar-refractivity contribution in [3.8, 4) is 0 Å². The van der Waals surface area contributed by atoms with E-state index in [2.05, 4.69) is 0 Å². The molecule has 24 heavy (non-hydrogen) atoms. The first-order valence-corrected chi connectivity index (χ1v) is 8.25. The average Bonchev–Trinajstić information content (AvgIpc) is 2.66. The van der Waals surface area contributed by atoms with Crippen molar-refractivity contribution < 1.29 is 23.2 Å². The largest absolute Gasteiger partial charge is 0.498 e. The van der Waals surface area contributed by atoms with Gasteiger partial charge in [-0.25, -0.2) is 9.18 Å². The number of primary amides is 1. The number of halogens is 1. The zero-order valence-corrected chi connectivity index (χ0v) is 14.5. The Morgan fingerprint density at radius 2 is 1.92 bits per heavy atom. The first kappa shape index (κ1) is 17.2. The van der Waals surface area contributed by atoms with Crippen molar-refractivity contribution in [3.63, 3.8) is 0 Å². The van der Waals surface area contributed by atoms with Gasteiger partial charge in [0.2, 0.25) is 0 Å². The van der Waals surface area contributed by atoms with Crippen LogP contribution in [0.5, 0.6) is 0 Å². The van der Waals surface area contributed by atoms with Gasteiger partial charge in [-0.05, 0) is 64.2 Å². The lowest BCUT2D eigenvalue weighted by molar-refractivity contribution is 0.00578. The molecule has 7 heteroatoms. The predicted octanol–water partition coefficient (Wildman–Crippen LogP) is 2.60. The van der Waals surface area contributed by atoms with E-state index in [1.165, 1.54) is 6.07 Å². The summed E-state index contributed by atoms with van der Waals surface area (Å²) < 4.78 is 31.9. The van der Waals surface area contributed by atoms with E-state index in [0.717, 1.165) is 17.5 Å². The zero-order chi connectivity index (χ0) is 17.7. The number of benzene rings is 1. The van der Waals surface area contributed by atoms with Gasteiger partial charge < -0.3 is 19.8 Å². The summed E-state index contributed by atoms with van der Waals surface area (Å²) in [6.07, 6.45) is 0.860. The van der Waals surface area contributed by atoms with Crippen molar-refractivity contribution in [1.29, 1.82) is 0 Å². The van der Waals surface area contributed by atoms with Gasteiger partial charge in [-0.3, -0.25) is 0 Å². The normalized spacial score (nSPS) is 24.5. The summed E-state index contributed by atoms with van der Waals surface area (Å²) in [5.74, 6) is -0.369. The Kier molecular flexibility index (Phi) is 4.12. The van der Waals surface area contributed by atoms with Gasteiger partial charge in [0.1, 0.15) is 11.9 Å². The summed E-state index contributed by atoms with van der Waals surface area (Å²) in [6, 6.07) is 3.04. The molecule has 5 nitrogen and oxygen atoms in total. The third-order valence-corrected chi connectivity index (χ3v) is 5.33. The number of amides is 1. The third-order valence-electron chi connectivity index (χ3n) is 5.33. The number of carbonyl (C=O) groups excluding carboxylic acids is 1. The summed E-state index contributed by atoms with van der Waals surface area (Å²) in [7, 11) is -0.780. The van der Waals surface area contributed by atoms with Gasteiger partial charge in [0.25, 0.3) is 0 Å². The lowest BCUT2D eigenvalue weighted by Gasteiger charge is -2.32. The summed E-state index contributed by atoms with van der Waals surface area (Å²) in [6.45, 7) is 7.72. The third kappa shape index (κ3) is 2.80. The summed E-state index contributed by atoms with van der Waals surface area (Å²) in [5.41, 5.74) is 6.04. The maximum atomic E-state index is 14.6. The number of hydrogen-bond donors (Lipinski definition) is 1. The molecule has 1 amide bonds. The molecule has 1 fully saturated rings. The highest BCUT2D eigenvalue weighted by atomic mass is 19.1. The molecule has 1 unspecified atom stereocenters. The van der Waals surface area contributed by atoms with Crippen molar-refractivity contribution in [2.45, 2.75) is 64.3 Å². The molecule has 130 valence electrons. The first-order valence-electron chi connectivity index (χ1n) is 8.25. The molecular formula is C17H23BFNO4. The highest BCUT2D eigenvalue weighted by molar-refractivity contribution is 6.62. The molecule has 0 bridgehead atoms. The van der Waals surface area contributed by atoms with E-state index in [0.29, 0.717) is 18.3 Å². The molecule has 1 aliphatic heterocycles. The molecule has 1 atom stereocenters. The molecule has 0 aromatic heterocycles. The summed E-state index contributed by atoms with van der Waals surface area (Å²) in [5, 5.41) is 0. The number of hydrogen-bond acceptors (Lipinski definition) is 4. The highest BCUT2D eigenvalue weighted by Gasteiger charge is 2.53. The quantitative estimate of drug-likeness (QED) is 0.844. The van der Waals surface area contributed by atoms with Gasteiger partial charge in [0.05, 0.1) is 11.2 Å². The molecular weight excluding hydrogens is 312 g/mol. The number of rotatable bonds is 2. The van der Waals surface area contributed by atoms with Crippen LogP contribution in [0.15, 0.2) is 12.1 Å². The van der Waals surface area contributed by atoms with Gasteiger partial charge in [-0.1, -0.05) is 6.07 Å². The van der Waals surface area contributed by atoms with Crippen molar-refractivity contribution >= 4 is 18.7 Å². The van der Waals surface area contributed by atoms with E-state index in [-0.39, 0.29) is 5.82 Å². The summed E-state index contributed by atoms with van der Waals surface area (Å²) >= 11 is 0. The molecule has 1 saturated heterocycles. The second kappa shape index (κ2) is 5.74. The molecule has 0 saturated carbocycles. The second-order valence-corrected chi connectivity index (χ2v) is 7.43. The van der Waals surface area contributed by atoms with Crippen molar-refractivity contribution in [2.75, 3.05) is 0 Å². The van der Waals surface area contributed by atoms with Crippen LogP contribution in [0.4, 0.5) is 9.18 Å². The van der Waals surface area contributed by atoms with Crippen molar-refractivity contribution in [3.05, 3.63) is 29.1 Å². The first-order chi connectivity index (χ1) is 11.1. The maximum Gasteiger partial charge on any atom is 0.498 e. The minimum absolute atomic E-state index is 0.369. The Hall–Kier alpha value is -1.60. The standard InChI is InChI=1S/C17H23BFNO4/c1-16(2)17(3,4)24-18(23-16)14-11-6-5-7-13(22-15(20)21)10(11)8-9-12(14)19/h8-9,13H,5-7H2,1-4H3,(H2,20,21). The molecule has 1 heterocycles.